The lowest BCUT2D eigenvalue weighted by Crippen LogP contribution is -2.25. The van der Waals surface area contributed by atoms with E-state index in [1.54, 1.807) is 42.5 Å². The number of anilines is 1. The normalized spacial score (nSPS) is 13.2. The molecule has 2 amide bonds. The molecule has 1 aliphatic carbocycles. The van der Waals surface area contributed by atoms with E-state index in [2.05, 4.69) is 10.6 Å². The fourth-order valence-corrected chi connectivity index (χ4v) is 2.60. The van der Waals surface area contributed by atoms with Gasteiger partial charge in [0.05, 0.1) is 5.02 Å². The molecule has 130 valence electrons. The van der Waals surface area contributed by atoms with E-state index in [9.17, 15) is 9.59 Å². The van der Waals surface area contributed by atoms with Gasteiger partial charge in [-0.25, -0.2) is 0 Å². The fourth-order valence-electron chi connectivity index (χ4n) is 2.13. The highest BCUT2D eigenvalue weighted by Crippen LogP contribution is 2.27. The summed E-state index contributed by atoms with van der Waals surface area (Å²) in [5.74, 6) is -0.0457. The van der Waals surface area contributed by atoms with Gasteiger partial charge in [-0.05, 0) is 55.3 Å². The predicted octanol–water partition coefficient (Wildman–Crippen LogP) is 3.90. The van der Waals surface area contributed by atoms with Crippen LogP contribution in [0, 0.1) is 0 Å². The lowest BCUT2D eigenvalue weighted by atomic mass is 10.2. The topological polar surface area (TPSA) is 67.4 Å². The lowest BCUT2D eigenvalue weighted by Gasteiger charge is -2.09. The van der Waals surface area contributed by atoms with Gasteiger partial charge in [0.1, 0.15) is 5.75 Å². The predicted molar refractivity (Wildman–Crippen MR) is 97.5 cm³/mol. The minimum atomic E-state index is -0.332. The summed E-state index contributed by atoms with van der Waals surface area (Å²) in [5.41, 5.74) is 1.15. The number of halogens is 2. The first-order valence-electron chi connectivity index (χ1n) is 7.80. The molecule has 1 aliphatic rings. The number of ether oxygens (including phenoxy) is 1. The summed E-state index contributed by atoms with van der Waals surface area (Å²) >= 11 is 11.8. The Morgan fingerprint density at radius 1 is 1.08 bits per heavy atom. The van der Waals surface area contributed by atoms with Crippen LogP contribution < -0.4 is 15.4 Å². The van der Waals surface area contributed by atoms with Crippen molar-refractivity contribution in [3.63, 3.8) is 0 Å². The third kappa shape index (κ3) is 5.11. The summed E-state index contributed by atoms with van der Waals surface area (Å²) in [7, 11) is 0. The summed E-state index contributed by atoms with van der Waals surface area (Å²) < 4.78 is 5.37. The van der Waals surface area contributed by atoms with Crippen LogP contribution in [0.25, 0.3) is 0 Å². The van der Waals surface area contributed by atoms with Gasteiger partial charge in [-0.1, -0.05) is 23.2 Å². The zero-order valence-electron chi connectivity index (χ0n) is 13.2. The van der Waals surface area contributed by atoms with E-state index < -0.39 is 0 Å². The number of amides is 2. The van der Waals surface area contributed by atoms with E-state index in [4.69, 9.17) is 27.9 Å². The van der Waals surface area contributed by atoms with Gasteiger partial charge in [0.15, 0.2) is 6.61 Å². The van der Waals surface area contributed by atoms with Crippen molar-refractivity contribution in [2.45, 2.75) is 18.9 Å². The molecule has 5 nitrogen and oxygen atoms in total. The molecule has 3 rings (SSSR count). The average molecular weight is 379 g/mol. The van der Waals surface area contributed by atoms with Crippen LogP contribution in [0.3, 0.4) is 0 Å². The van der Waals surface area contributed by atoms with Crippen molar-refractivity contribution in [1.82, 2.24) is 5.32 Å². The molecule has 0 radical (unpaired) electrons. The van der Waals surface area contributed by atoms with E-state index >= 15 is 0 Å². The molecular weight excluding hydrogens is 363 g/mol. The first kappa shape index (κ1) is 17.6. The summed E-state index contributed by atoms with van der Waals surface area (Å²) in [4.78, 5) is 23.9. The Balaban J connectivity index is 1.51. The van der Waals surface area contributed by atoms with Crippen LogP contribution in [0.1, 0.15) is 23.2 Å². The van der Waals surface area contributed by atoms with E-state index in [0.29, 0.717) is 33.1 Å². The van der Waals surface area contributed by atoms with Crippen molar-refractivity contribution < 1.29 is 14.3 Å². The molecule has 0 unspecified atom stereocenters. The van der Waals surface area contributed by atoms with Crippen LogP contribution in [0.15, 0.2) is 42.5 Å². The van der Waals surface area contributed by atoms with Crippen molar-refractivity contribution >= 4 is 40.7 Å². The van der Waals surface area contributed by atoms with Crippen molar-refractivity contribution in [1.29, 1.82) is 0 Å². The monoisotopic (exact) mass is 378 g/mol. The largest absolute Gasteiger partial charge is 0.482 e. The summed E-state index contributed by atoms with van der Waals surface area (Å²) in [6.45, 7) is -0.189. The van der Waals surface area contributed by atoms with Crippen molar-refractivity contribution in [2.75, 3.05) is 11.9 Å². The summed E-state index contributed by atoms with van der Waals surface area (Å²) in [6.07, 6.45) is 2.08. The van der Waals surface area contributed by atoms with Crippen LogP contribution in [0.2, 0.25) is 10.0 Å². The van der Waals surface area contributed by atoms with E-state index in [0.717, 1.165) is 12.8 Å². The first-order valence-corrected chi connectivity index (χ1v) is 8.55. The second-order valence-electron chi connectivity index (χ2n) is 5.74. The summed E-state index contributed by atoms with van der Waals surface area (Å²) in [6, 6.07) is 11.8. The maximum atomic E-state index is 12.0. The Morgan fingerprint density at radius 2 is 1.80 bits per heavy atom. The van der Waals surface area contributed by atoms with Crippen LogP contribution in [0.5, 0.6) is 5.75 Å². The smallest absolute Gasteiger partial charge is 0.262 e. The highest BCUT2D eigenvalue weighted by molar-refractivity contribution is 6.35. The molecule has 0 atom stereocenters. The lowest BCUT2D eigenvalue weighted by molar-refractivity contribution is -0.118. The molecule has 25 heavy (non-hydrogen) atoms. The van der Waals surface area contributed by atoms with Crippen LogP contribution >= 0.6 is 23.2 Å². The van der Waals surface area contributed by atoms with Crippen LogP contribution in [-0.2, 0) is 4.79 Å². The van der Waals surface area contributed by atoms with Crippen molar-refractivity contribution in [2.24, 2.45) is 0 Å². The maximum absolute atomic E-state index is 12.0. The highest BCUT2D eigenvalue weighted by Gasteiger charge is 2.23. The van der Waals surface area contributed by atoms with Crippen molar-refractivity contribution in [3.8, 4) is 5.75 Å². The third-order valence-corrected chi connectivity index (χ3v) is 4.13. The van der Waals surface area contributed by atoms with Gasteiger partial charge >= 0.3 is 0 Å². The van der Waals surface area contributed by atoms with Gasteiger partial charge in [-0.3, -0.25) is 9.59 Å². The number of hydrogen-bond acceptors (Lipinski definition) is 3. The first-order chi connectivity index (χ1) is 12.0. The molecule has 1 fully saturated rings. The molecular formula is C18H16Cl2N2O3. The minimum absolute atomic E-state index is 0.0962. The number of rotatable bonds is 6. The van der Waals surface area contributed by atoms with Gasteiger partial charge in [-0.15, -0.1) is 0 Å². The number of hydrogen-bond donors (Lipinski definition) is 2. The molecule has 7 heteroatoms. The van der Waals surface area contributed by atoms with Gasteiger partial charge in [0.25, 0.3) is 11.8 Å². The average Bonchev–Trinajstić information content (AvgIpc) is 3.38. The van der Waals surface area contributed by atoms with Crippen molar-refractivity contribution in [3.05, 3.63) is 58.1 Å². The Kier molecular flexibility index (Phi) is 5.46. The second-order valence-corrected chi connectivity index (χ2v) is 6.58. The Hall–Kier alpha value is -2.24. The zero-order chi connectivity index (χ0) is 17.8. The van der Waals surface area contributed by atoms with Gasteiger partial charge in [-0.2, -0.15) is 0 Å². The molecule has 0 spiro atoms. The minimum Gasteiger partial charge on any atom is -0.482 e. The second kappa shape index (κ2) is 7.76. The number of nitrogens with one attached hydrogen (secondary N) is 2. The van der Waals surface area contributed by atoms with Crippen LogP contribution in [-0.4, -0.2) is 24.5 Å². The molecule has 0 aromatic heterocycles. The number of carbonyl (C=O) groups excluding carboxylic acids is 2. The maximum Gasteiger partial charge on any atom is 0.262 e. The fraction of sp³-hybridized carbons (Fsp3) is 0.222. The molecule has 2 aromatic carbocycles. The molecule has 0 saturated heterocycles. The van der Waals surface area contributed by atoms with E-state index in [-0.39, 0.29) is 18.4 Å². The molecule has 0 heterocycles. The van der Waals surface area contributed by atoms with Crippen LogP contribution in [0.4, 0.5) is 5.69 Å². The highest BCUT2D eigenvalue weighted by atomic mass is 35.5. The Labute approximate surface area is 155 Å². The van der Waals surface area contributed by atoms with Gasteiger partial charge in [0.2, 0.25) is 0 Å². The molecule has 0 bridgehead atoms. The molecule has 2 aromatic rings. The van der Waals surface area contributed by atoms with Gasteiger partial charge < -0.3 is 15.4 Å². The zero-order valence-corrected chi connectivity index (χ0v) is 14.7. The molecule has 0 aliphatic heterocycles. The standard InChI is InChI=1S/C18H16Cl2N2O3/c19-12-3-8-16(15(20)9-12)25-10-17(23)21-13-4-1-11(2-5-13)18(24)22-14-6-7-14/h1-5,8-9,14H,6-7,10H2,(H,21,23)(H,22,24). The Bertz CT molecular complexity index is 789. The van der Waals surface area contributed by atoms with Gasteiger partial charge in [0, 0.05) is 22.3 Å². The molecule has 2 N–H and O–H groups in total. The third-order valence-electron chi connectivity index (χ3n) is 3.60. The number of benzene rings is 2. The number of carbonyl (C=O) groups is 2. The Morgan fingerprint density at radius 3 is 2.44 bits per heavy atom. The SMILES string of the molecule is O=C(COc1ccc(Cl)cc1Cl)Nc1ccc(C(=O)NC2CC2)cc1. The van der Waals surface area contributed by atoms with E-state index in [1.165, 1.54) is 0 Å². The molecule has 1 saturated carbocycles. The van der Waals surface area contributed by atoms with E-state index in [1.807, 2.05) is 0 Å². The summed E-state index contributed by atoms with van der Waals surface area (Å²) in [5, 5.41) is 6.44. The quantitative estimate of drug-likeness (QED) is 0.800.